The van der Waals surface area contributed by atoms with Crippen molar-refractivity contribution in [2.75, 3.05) is 13.1 Å². The van der Waals surface area contributed by atoms with E-state index in [0.29, 0.717) is 12.5 Å². The molecule has 4 nitrogen and oxygen atoms in total. The van der Waals surface area contributed by atoms with Crippen molar-refractivity contribution in [1.82, 2.24) is 4.90 Å². The molecule has 0 aromatic rings. The first-order valence-electron chi connectivity index (χ1n) is 9.23. The highest BCUT2D eigenvalue weighted by atomic mass is 16.2. The predicted octanol–water partition coefficient (Wildman–Crippen LogP) is 3.83. The number of nitrogens with zero attached hydrogens (tertiary/aromatic N) is 2. The van der Waals surface area contributed by atoms with Gasteiger partial charge in [0, 0.05) is 24.4 Å². The van der Waals surface area contributed by atoms with Crippen molar-refractivity contribution >= 4 is 11.7 Å². The van der Waals surface area contributed by atoms with Gasteiger partial charge in [0.05, 0.1) is 6.57 Å². The molecule has 1 saturated carbocycles. The molecule has 3 aliphatic rings. The summed E-state index contributed by atoms with van der Waals surface area (Å²) in [5, 5.41) is 0. The van der Waals surface area contributed by atoms with E-state index in [2.05, 4.69) is 11.8 Å². The summed E-state index contributed by atoms with van der Waals surface area (Å²) in [6.07, 6.45) is 8.30. The van der Waals surface area contributed by atoms with E-state index in [0.717, 1.165) is 38.6 Å². The molecule has 2 aliphatic carbocycles. The van der Waals surface area contributed by atoms with Crippen molar-refractivity contribution < 1.29 is 9.59 Å². The molecule has 24 heavy (non-hydrogen) atoms. The van der Waals surface area contributed by atoms with E-state index in [1.54, 1.807) is 0 Å². The molecule has 1 amide bonds. The Bertz CT molecular complexity index is 622. The Morgan fingerprint density at radius 3 is 2.50 bits per heavy atom. The average molecular weight is 328 g/mol. The normalized spacial score (nSPS) is 33.4. The van der Waals surface area contributed by atoms with Crippen LogP contribution < -0.4 is 0 Å². The highest BCUT2D eigenvalue weighted by Gasteiger charge is 2.53. The number of carbonyl (C=O) groups is 2. The maximum absolute atomic E-state index is 12.9. The summed E-state index contributed by atoms with van der Waals surface area (Å²) in [5.41, 5.74) is -0.547. The van der Waals surface area contributed by atoms with Gasteiger partial charge in [0.15, 0.2) is 5.78 Å². The molecule has 3 rings (SSSR count). The van der Waals surface area contributed by atoms with E-state index >= 15 is 0 Å². The van der Waals surface area contributed by atoms with E-state index in [-0.39, 0.29) is 28.7 Å². The monoisotopic (exact) mass is 328 g/mol. The lowest BCUT2D eigenvalue weighted by Crippen LogP contribution is -2.57. The minimum absolute atomic E-state index is 0.0352. The molecule has 0 unspecified atom stereocenters. The van der Waals surface area contributed by atoms with Gasteiger partial charge >= 0.3 is 0 Å². The Hall–Kier alpha value is -1.63. The van der Waals surface area contributed by atoms with E-state index in [1.807, 2.05) is 24.8 Å². The van der Waals surface area contributed by atoms with Gasteiger partial charge in [0.2, 0.25) is 11.6 Å². The molecule has 0 N–H and O–H groups in total. The second kappa shape index (κ2) is 6.02. The Labute approximate surface area is 145 Å². The lowest BCUT2D eigenvalue weighted by molar-refractivity contribution is -0.145. The minimum atomic E-state index is -0.524. The van der Waals surface area contributed by atoms with Gasteiger partial charge in [-0.05, 0) is 30.6 Å². The average Bonchev–Trinajstić information content (AvgIpc) is 2.58. The number of hydrogen-bond acceptors (Lipinski definition) is 2. The van der Waals surface area contributed by atoms with Crippen LogP contribution in [0, 0.1) is 29.2 Å². The first-order valence-corrected chi connectivity index (χ1v) is 9.23. The van der Waals surface area contributed by atoms with Crippen LogP contribution in [0.3, 0.4) is 0 Å². The van der Waals surface area contributed by atoms with Gasteiger partial charge in [-0.15, -0.1) is 0 Å². The van der Waals surface area contributed by atoms with Gasteiger partial charge in [-0.1, -0.05) is 46.1 Å². The van der Waals surface area contributed by atoms with E-state index in [9.17, 15) is 9.59 Å². The number of likely N-dealkylation sites (tertiary alicyclic amines) is 1. The first-order chi connectivity index (χ1) is 11.3. The van der Waals surface area contributed by atoms with Gasteiger partial charge in [0.25, 0.3) is 0 Å². The zero-order valence-electron chi connectivity index (χ0n) is 15.1. The highest BCUT2D eigenvalue weighted by molar-refractivity contribution is 6.02. The van der Waals surface area contributed by atoms with Gasteiger partial charge in [0.1, 0.15) is 0 Å². The van der Waals surface area contributed by atoms with E-state index < -0.39 is 5.41 Å². The van der Waals surface area contributed by atoms with Crippen LogP contribution in [-0.4, -0.2) is 29.7 Å². The fourth-order valence-corrected chi connectivity index (χ4v) is 5.29. The lowest BCUT2D eigenvalue weighted by Gasteiger charge is -2.53. The molecule has 2 atom stereocenters. The predicted molar refractivity (Wildman–Crippen MR) is 92.8 cm³/mol. The van der Waals surface area contributed by atoms with Crippen LogP contribution in [0.25, 0.3) is 4.85 Å². The Balaban J connectivity index is 1.85. The van der Waals surface area contributed by atoms with Crippen molar-refractivity contribution in [2.45, 2.75) is 59.3 Å². The smallest absolute Gasteiger partial charge is 0.226 e. The second-order valence-corrected chi connectivity index (χ2v) is 8.63. The van der Waals surface area contributed by atoms with Crippen LogP contribution in [0.15, 0.2) is 11.8 Å². The number of Topliss-reactive ketones (excluding diaryl/α,β-unsaturated/α-hetero) is 1. The summed E-state index contributed by atoms with van der Waals surface area (Å²) in [7, 11) is 0. The molecule has 0 bridgehead atoms. The van der Waals surface area contributed by atoms with E-state index in [1.165, 1.54) is 6.42 Å². The molecule has 4 heteroatoms. The summed E-state index contributed by atoms with van der Waals surface area (Å²) >= 11 is 0. The van der Waals surface area contributed by atoms with Crippen LogP contribution in [-0.2, 0) is 9.59 Å². The number of fused-ring (bicyclic) bond motifs is 1. The molecular weight excluding hydrogens is 300 g/mol. The zero-order valence-corrected chi connectivity index (χ0v) is 15.1. The standard InChI is InChI=1S/C20H28N2O2/c1-19(2)16-10-11-22(18(24)14-8-6-5-7-9-14)13-20(16,3)12-15(21-4)17(19)23/h12,14,16H,5-11,13H2,1-3H3/t16-,20+/m0/s1. The Morgan fingerprint density at radius 1 is 1.21 bits per heavy atom. The molecule has 1 saturated heterocycles. The third-order valence-corrected chi connectivity index (χ3v) is 6.56. The van der Waals surface area contributed by atoms with Crippen LogP contribution in [0.1, 0.15) is 59.3 Å². The number of rotatable bonds is 1. The van der Waals surface area contributed by atoms with Crippen LogP contribution in [0.5, 0.6) is 0 Å². The molecule has 130 valence electrons. The topological polar surface area (TPSA) is 41.7 Å². The molecule has 0 radical (unpaired) electrons. The van der Waals surface area contributed by atoms with Crippen molar-refractivity contribution in [3.05, 3.63) is 23.2 Å². The summed E-state index contributed by atoms with van der Waals surface area (Å²) in [5.74, 6) is 0.633. The Kier molecular flexibility index (Phi) is 4.32. The largest absolute Gasteiger partial charge is 0.342 e. The summed E-state index contributed by atoms with van der Waals surface area (Å²) in [4.78, 5) is 31.0. The van der Waals surface area contributed by atoms with Gasteiger partial charge < -0.3 is 9.69 Å². The van der Waals surface area contributed by atoms with Crippen molar-refractivity contribution in [3.63, 3.8) is 0 Å². The number of allylic oxidation sites excluding steroid dienone is 1. The van der Waals surface area contributed by atoms with Crippen LogP contribution in [0.4, 0.5) is 0 Å². The van der Waals surface area contributed by atoms with Crippen molar-refractivity contribution in [1.29, 1.82) is 0 Å². The molecular formula is C20H28N2O2. The fraction of sp³-hybridized carbons (Fsp3) is 0.750. The third kappa shape index (κ3) is 2.68. The molecule has 2 fully saturated rings. The van der Waals surface area contributed by atoms with Crippen molar-refractivity contribution in [2.24, 2.45) is 22.7 Å². The fourth-order valence-electron chi connectivity index (χ4n) is 5.29. The zero-order chi connectivity index (χ0) is 17.5. The SMILES string of the molecule is [C-]#[N+]C1=C[C@]2(C)CN(C(=O)C3CCCCC3)CC[C@H]2C(C)(C)C1=O. The number of hydrogen-bond donors (Lipinski definition) is 0. The quantitative estimate of drug-likeness (QED) is 0.686. The van der Waals surface area contributed by atoms with Crippen LogP contribution >= 0.6 is 0 Å². The number of ketones is 1. The molecule has 0 spiro atoms. The van der Waals surface area contributed by atoms with Crippen LogP contribution in [0.2, 0.25) is 0 Å². The number of piperidine rings is 1. The molecule has 0 aromatic carbocycles. The first kappa shape index (κ1) is 17.2. The number of amides is 1. The van der Waals surface area contributed by atoms with E-state index in [4.69, 9.17) is 6.57 Å². The summed E-state index contributed by atoms with van der Waals surface area (Å²) in [6.45, 7) is 14.8. The number of carbonyl (C=O) groups excluding carboxylic acids is 2. The maximum Gasteiger partial charge on any atom is 0.226 e. The van der Waals surface area contributed by atoms with Gasteiger partial charge in [-0.2, -0.15) is 0 Å². The van der Waals surface area contributed by atoms with Gasteiger partial charge in [-0.3, -0.25) is 4.79 Å². The highest BCUT2D eigenvalue weighted by Crippen LogP contribution is 2.52. The molecule has 1 heterocycles. The second-order valence-electron chi connectivity index (χ2n) is 8.63. The third-order valence-electron chi connectivity index (χ3n) is 6.56. The minimum Gasteiger partial charge on any atom is -0.342 e. The maximum atomic E-state index is 12.9. The lowest BCUT2D eigenvalue weighted by atomic mass is 9.55. The summed E-state index contributed by atoms with van der Waals surface area (Å²) < 4.78 is 0. The molecule has 1 aliphatic heterocycles. The summed E-state index contributed by atoms with van der Waals surface area (Å²) in [6, 6.07) is 0. The van der Waals surface area contributed by atoms with Gasteiger partial charge in [-0.25, -0.2) is 4.85 Å². The Morgan fingerprint density at radius 2 is 1.88 bits per heavy atom. The van der Waals surface area contributed by atoms with Crippen molar-refractivity contribution in [3.8, 4) is 0 Å². The molecule has 0 aromatic heterocycles.